The third-order valence-corrected chi connectivity index (χ3v) is 4.61. The highest BCUT2D eigenvalue weighted by molar-refractivity contribution is 7.59. The first-order chi connectivity index (χ1) is 11.1. The minimum Gasteiger partial charge on any atom is -0.497 e. The van der Waals surface area contributed by atoms with Crippen molar-refractivity contribution in [1.29, 1.82) is 5.26 Å². The molecule has 1 aliphatic heterocycles. The number of aromatic amines is 1. The number of fused-ring (bicyclic) bond motifs is 1. The van der Waals surface area contributed by atoms with Crippen LogP contribution in [0.2, 0.25) is 0 Å². The van der Waals surface area contributed by atoms with Gasteiger partial charge in [0.1, 0.15) is 11.8 Å². The molecule has 5 nitrogen and oxygen atoms in total. The van der Waals surface area contributed by atoms with Crippen LogP contribution in [0, 0.1) is 17.2 Å². The summed E-state index contributed by atoms with van der Waals surface area (Å²) in [5, 5.41) is 10.2. The zero-order chi connectivity index (χ0) is 16.4. The van der Waals surface area contributed by atoms with Gasteiger partial charge in [-0.1, -0.05) is 6.92 Å². The van der Waals surface area contributed by atoms with Crippen LogP contribution < -0.4 is 4.74 Å². The number of aromatic nitrogens is 1. The topological polar surface area (TPSA) is 69.1 Å². The number of nitrogens with one attached hydrogen (secondary N) is 1. The lowest BCUT2D eigenvalue weighted by atomic mass is 9.99. The van der Waals surface area contributed by atoms with Gasteiger partial charge in [-0.2, -0.15) is 32.3 Å². The summed E-state index contributed by atoms with van der Waals surface area (Å²) in [4.78, 5) is 17.6. The van der Waals surface area contributed by atoms with E-state index in [1.165, 1.54) is 0 Å². The van der Waals surface area contributed by atoms with E-state index in [2.05, 4.69) is 11.1 Å². The Labute approximate surface area is 162 Å². The molecule has 2 heterocycles. The molecule has 1 fully saturated rings. The lowest BCUT2D eigenvalue weighted by Gasteiger charge is -2.23. The zero-order valence-corrected chi connectivity index (χ0v) is 16.5. The fraction of sp³-hybridized carbons (Fsp3) is 0.444. The first kappa shape index (κ1) is 21.3. The summed E-state index contributed by atoms with van der Waals surface area (Å²) in [6, 6.07) is 7.87. The molecule has 136 valence electrons. The van der Waals surface area contributed by atoms with Gasteiger partial charge in [0.15, 0.2) is 0 Å². The van der Waals surface area contributed by atoms with Crippen LogP contribution in [0.4, 0.5) is 0 Å². The molecule has 0 aliphatic carbocycles. The molecule has 2 atom stereocenters. The Kier molecular flexibility index (Phi) is 7.71. The third kappa shape index (κ3) is 4.25. The Morgan fingerprint density at radius 2 is 2.24 bits per heavy atom. The molecular formula is C18H25N3O2S2. The van der Waals surface area contributed by atoms with E-state index >= 15 is 0 Å². The van der Waals surface area contributed by atoms with Crippen molar-refractivity contribution in [1.82, 2.24) is 9.88 Å². The average molecular weight is 380 g/mol. The summed E-state index contributed by atoms with van der Waals surface area (Å²) < 4.78 is 5.28. The second-order valence-electron chi connectivity index (χ2n) is 6.15. The van der Waals surface area contributed by atoms with Crippen molar-refractivity contribution < 1.29 is 9.53 Å². The van der Waals surface area contributed by atoms with E-state index in [9.17, 15) is 4.79 Å². The Morgan fingerprint density at radius 3 is 2.92 bits per heavy atom. The number of ether oxygens (including phenoxy) is 1. The molecule has 3 rings (SSSR count). The molecule has 7 heteroatoms. The lowest BCUT2D eigenvalue weighted by molar-refractivity contribution is -0.134. The molecule has 0 saturated carbocycles. The van der Waals surface area contributed by atoms with Crippen LogP contribution in [0.5, 0.6) is 5.75 Å². The van der Waals surface area contributed by atoms with E-state index in [1.807, 2.05) is 31.3 Å². The van der Waals surface area contributed by atoms with Gasteiger partial charge >= 0.3 is 0 Å². The number of H-pyrrole nitrogens is 1. The SMILES string of the molecule is COc1ccc2[nH]cc(C[C@H](C)C(=O)N3CCC[C@H]3C#N)c2c1.S.S. The van der Waals surface area contributed by atoms with Gasteiger partial charge in [0.25, 0.3) is 0 Å². The number of nitrogens with zero attached hydrogens (tertiary/aromatic N) is 2. The Balaban J connectivity index is 0.00000156. The molecule has 0 spiro atoms. The average Bonchev–Trinajstić information content (AvgIpc) is 3.20. The number of nitriles is 1. The van der Waals surface area contributed by atoms with Crippen molar-refractivity contribution in [3.8, 4) is 11.8 Å². The Morgan fingerprint density at radius 1 is 1.48 bits per heavy atom. The van der Waals surface area contributed by atoms with Crippen molar-refractivity contribution in [3.63, 3.8) is 0 Å². The Bertz CT molecular complexity index is 769. The highest BCUT2D eigenvalue weighted by atomic mass is 32.1. The van der Waals surface area contributed by atoms with E-state index in [1.54, 1.807) is 12.0 Å². The van der Waals surface area contributed by atoms with Gasteiger partial charge in [-0.3, -0.25) is 4.79 Å². The zero-order valence-electron chi connectivity index (χ0n) is 14.5. The molecule has 2 aromatic rings. The number of hydrogen-bond donors (Lipinski definition) is 1. The summed E-state index contributed by atoms with van der Waals surface area (Å²) >= 11 is 0. The highest BCUT2D eigenvalue weighted by Gasteiger charge is 2.31. The van der Waals surface area contributed by atoms with Crippen LogP contribution in [-0.2, 0) is 11.2 Å². The number of amides is 1. The molecule has 1 saturated heterocycles. The second kappa shape index (κ2) is 9.07. The van der Waals surface area contributed by atoms with Gasteiger partial charge in [0.05, 0.1) is 13.2 Å². The monoisotopic (exact) mass is 379 g/mol. The summed E-state index contributed by atoms with van der Waals surface area (Å²) in [6.07, 6.45) is 4.32. The molecule has 25 heavy (non-hydrogen) atoms. The molecule has 0 radical (unpaired) electrons. The smallest absolute Gasteiger partial charge is 0.226 e. The van der Waals surface area contributed by atoms with Crippen LogP contribution in [0.3, 0.4) is 0 Å². The number of benzene rings is 1. The van der Waals surface area contributed by atoms with Crippen molar-refractivity contribution in [2.24, 2.45) is 5.92 Å². The quantitative estimate of drug-likeness (QED) is 0.887. The molecule has 0 unspecified atom stereocenters. The van der Waals surface area contributed by atoms with Crippen LogP contribution >= 0.6 is 27.0 Å². The number of rotatable bonds is 4. The fourth-order valence-electron chi connectivity index (χ4n) is 3.32. The number of likely N-dealkylation sites (tertiary alicyclic amines) is 1. The third-order valence-electron chi connectivity index (χ3n) is 4.61. The van der Waals surface area contributed by atoms with E-state index in [4.69, 9.17) is 10.00 Å². The maximum atomic E-state index is 12.6. The molecule has 1 N–H and O–H groups in total. The standard InChI is InChI=1S/C18H21N3O2.2H2S/c1-12(18(22)21-7-3-4-14(21)10-19)8-13-11-20-17-6-5-15(23-2)9-16(13)17;;/h5-6,9,11-12,14,20H,3-4,7-8H2,1-2H3;2*1H2/t12-,14-;;/m0../s1. The molecule has 1 amide bonds. The summed E-state index contributed by atoms with van der Waals surface area (Å²) in [6.45, 7) is 2.64. The normalized spacial score (nSPS) is 17.3. The van der Waals surface area contributed by atoms with E-state index in [0.29, 0.717) is 13.0 Å². The maximum Gasteiger partial charge on any atom is 0.226 e. The summed E-state index contributed by atoms with van der Waals surface area (Å²) in [5.41, 5.74) is 2.14. The highest BCUT2D eigenvalue weighted by Crippen LogP contribution is 2.27. The number of hydrogen-bond acceptors (Lipinski definition) is 3. The van der Waals surface area contributed by atoms with Crippen molar-refractivity contribution >= 4 is 43.8 Å². The van der Waals surface area contributed by atoms with Gasteiger partial charge in [0, 0.05) is 29.6 Å². The molecule has 1 aliphatic rings. The Hall–Kier alpha value is -1.78. The van der Waals surface area contributed by atoms with Gasteiger partial charge in [-0.15, -0.1) is 0 Å². The minimum atomic E-state index is -0.256. The predicted octanol–water partition coefficient (Wildman–Crippen LogP) is 3.10. The van der Waals surface area contributed by atoms with Gasteiger partial charge in [0.2, 0.25) is 5.91 Å². The molecule has 1 aromatic heterocycles. The molecule has 1 aromatic carbocycles. The van der Waals surface area contributed by atoms with Gasteiger partial charge in [-0.05, 0) is 43.0 Å². The lowest BCUT2D eigenvalue weighted by Crippen LogP contribution is -2.38. The molecule has 0 bridgehead atoms. The van der Waals surface area contributed by atoms with Gasteiger partial charge in [-0.25, -0.2) is 0 Å². The van der Waals surface area contributed by atoms with E-state index < -0.39 is 0 Å². The van der Waals surface area contributed by atoms with E-state index in [0.717, 1.165) is 35.1 Å². The molecular weight excluding hydrogens is 354 g/mol. The predicted molar refractivity (Wildman–Crippen MR) is 109 cm³/mol. The maximum absolute atomic E-state index is 12.6. The second-order valence-corrected chi connectivity index (χ2v) is 6.15. The summed E-state index contributed by atoms with van der Waals surface area (Å²) in [5.74, 6) is 0.738. The van der Waals surface area contributed by atoms with Crippen LogP contribution in [0.25, 0.3) is 10.9 Å². The van der Waals surface area contributed by atoms with Crippen molar-refractivity contribution in [2.45, 2.75) is 32.2 Å². The fourth-order valence-corrected chi connectivity index (χ4v) is 3.32. The number of methoxy groups -OCH3 is 1. The van der Waals surface area contributed by atoms with Crippen LogP contribution in [0.15, 0.2) is 24.4 Å². The largest absolute Gasteiger partial charge is 0.497 e. The summed E-state index contributed by atoms with van der Waals surface area (Å²) in [7, 11) is 1.65. The van der Waals surface area contributed by atoms with Crippen LogP contribution in [0.1, 0.15) is 25.3 Å². The van der Waals surface area contributed by atoms with Gasteiger partial charge < -0.3 is 14.6 Å². The minimum absolute atomic E-state index is 0. The number of carbonyl (C=O) groups is 1. The van der Waals surface area contributed by atoms with Crippen molar-refractivity contribution in [2.75, 3.05) is 13.7 Å². The first-order valence-corrected chi connectivity index (χ1v) is 7.98. The van der Waals surface area contributed by atoms with Crippen molar-refractivity contribution in [3.05, 3.63) is 30.0 Å². The van der Waals surface area contributed by atoms with E-state index in [-0.39, 0.29) is 44.9 Å². The van der Waals surface area contributed by atoms with Crippen LogP contribution in [-0.4, -0.2) is 35.5 Å². The number of carbonyl (C=O) groups excluding carboxylic acids is 1. The first-order valence-electron chi connectivity index (χ1n) is 7.98.